The number of para-hydroxylation sites is 1. The smallest absolute Gasteiger partial charge is 0.345 e. The number of fused-ring (bicyclic) bond motifs is 1. The van der Waals surface area contributed by atoms with Crippen molar-refractivity contribution in [2.45, 2.75) is 0 Å². The van der Waals surface area contributed by atoms with Crippen molar-refractivity contribution in [2.24, 2.45) is 5.10 Å². The maximum Gasteiger partial charge on any atom is 0.345 e. The number of aromatic amines is 1. The maximum absolute atomic E-state index is 14.0. The third-order valence-corrected chi connectivity index (χ3v) is 6.24. The number of hydrazone groups is 1. The molecule has 0 fully saturated rings. The first-order valence-corrected chi connectivity index (χ1v) is 12.1. The molecule has 0 aliphatic heterocycles. The number of aromatic nitrogens is 1. The second-order valence-electron chi connectivity index (χ2n) is 8.18. The Morgan fingerprint density at radius 3 is 2.47 bits per heavy atom. The van der Waals surface area contributed by atoms with Crippen molar-refractivity contribution in [1.82, 2.24) is 10.4 Å². The Morgan fingerprint density at radius 1 is 0.921 bits per heavy atom. The van der Waals surface area contributed by atoms with E-state index in [4.69, 9.17) is 27.9 Å². The van der Waals surface area contributed by atoms with Crippen molar-refractivity contribution >= 4 is 52.2 Å². The molecular formula is C29H18Cl2FN3O3. The van der Waals surface area contributed by atoms with Crippen LogP contribution in [0.4, 0.5) is 4.39 Å². The molecule has 5 rings (SSSR count). The normalized spacial score (nSPS) is 11.1. The van der Waals surface area contributed by atoms with Gasteiger partial charge in [-0.2, -0.15) is 5.10 Å². The monoisotopic (exact) mass is 545 g/mol. The van der Waals surface area contributed by atoms with E-state index in [0.29, 0.717) is 27.1 Å². The summed E-state index contributed by atoms with van der Waals surface area (Å²) in [6, 6.07) is 24.6. The zero-order chi connectivity index (χ0) is 26.6. The third kappa shape index (κ3) is 5.29. The fourth-order valence-electron chi connectivity index (χ4n) is 3.95. The summed E-state index contributed by atoms with van der Waals surface area (Å²) >= 11 is 12.0. The molecule has 0 bridgehead atoms. The third-order valence-electron chi connectivity index (χ3n) is 5.69. The summed E-state index contributed by atoms with van der Waals surface area (Å²) in [6.07, 6.45) is 1.36. The van der Waals surface area contributed by atoms with Gasteiger partial charge in [0, 0.05) is 27.1 Å². The van der Waals surface area contributed by atoms with Crippen LogP contribution in [0.5, 0.6) is 5.75 Å². The van der Waals surface area contributed by atoms with Gasteiger partial charge in [-0.25, -0.2) is 14.6 Å². The van der Waals surface area contributed by atoms with Crippen LogP contribution in [0.2, 0.25) is 10.0 Å². The number of nitrogens with one attached hydrogen (secondary N) is 2. The molecule has 5 aromatic rings. The quantitative estimate of drug-likeness (QED) is 0.102. The molecule has 2 N–H and O–H groups in total. The Hall–Kier alpha value is -4.46. The van der Waals surface area contributed by atoms with E-state index in [-0.39, 0.29) is 22.0 Å². The van der Waals surface area contributed by atoms with Crippen molar-refractivity contribution < 1.29 is 18.7 Å². The topological polar surface area (TPSA) is 83.5 Å². The van der Waals surface area contributed by atoms with Gasteiger partial charge in [0.2, 0.25) is 0 Å². The van der Waals surface area contributed by atoms with Gasteiger partial charge >= 0.3 is 5.97 Å². The average Bonchev–Trinajstić information content (AvgIpc) is 3.28. The standard InChI is InChI=1S/C29H18Cl2FN3O3/c30-19-10-12-21(23(31)14-19)29(37)38-25-9-5-4-8-18(25)16-33-35-28(36)27-26(17-6-2-1-3-7-17)22-15-20(32)11-13-24(22)34-27/h1-16,34H,(H,35,36). The van der Waals surface area contributed by atoms with Gasteiger partial charge in [-0.1, -0.05) is 65.7 Å². The maximum atomic E-state index is 14.0. The van der Waals surface area contributed by atoms with Crippen LogP contribution in [0.1, 0.15) is 26.4 Å². The predicted molar refractivity (Wildman–Crippen MR) is 147 cm³/mol. The van der Waals surface area contributed by atoms with Crippen molar-refractivity contribution in [3.63, 3.8) is 0 Å². The van der Waals surface area contributed by atoms with Gasteiger partial charge in [-0.05, 0) is 54.1 Å². The number of carbonyl (C=O) groups is 2. The number of hydrogen-bond donors (Lipinski definition) is 2. The van der Waals surface area contributed by atoms with E-state index in [1.165, 1.54) is 36.5 Å². The summed E-state index contributed by atoms with van der Waals surface area (Å²) in [6.45, 7) is 0. The summed E-state index contributed by atoms with van der Waals surface area (Å²) < 4.78 is 19.5. The minimum atomic E-state index is -0.672. The molecule has 6 nitrogen and oxygen atoms in total. The summed E-state index contributed by atoms with van der Waals surface area (Å²) in [5, 5.41) is 5.18. The summed E-state index contributed by atoms with van der Waals surface area (Å²) in [5.41, 5.74) is 5.22. The summed E-state index contributed by atoms with van der Waals surface area (Å²) in [7, 11) is 0. The fraction of sp³-hybridized carbons (Fsp3) is 0. The van der Waals surface area contributed by atoms with E-state index in [9.17, 15) is 14.0 Å². The zero-order valence-corrected chi connectivity index (χ0v) is 21.1. The molecule has 0 radical (unpaired) electrons. The van der Waals surface area contributed by atoms with Crippen LogP contribution < -0.4 is 10.2 Å². The molecule has 0 aliphatic rings. The molecule has 38 heavy (non-hydrogen) atoms. The molecule has 1 heterocycles. The van der Waals surface area contributed by atoms with Crippen LogP contribution in [0.3, 0.4) is 0 Å². The highest BCUT2D eigenvalue weighted by Gasteiger charge is 2.20. The first kappa shape index (κ1) is 25.2. The van der Waals surface area contributed by atoms with Crippen LogP contribution in [0.25, 0.3) is 22.0 Å². The number of H-pyrrole nitrogens is 1. The summed E-state index contributed by atoms with van der Waals surface area (Å²) in [5.74, 6) is -1.40. The number of hydrogen-bond acceptors (Lipinski definition) is 4. The first-order chi connectivity index (χ1) is 18.4. The minimum absolute atomic E-state index is 0.153. The van der Waals surface area contributed by atoms with E-state index in [0.717, 1.165) is 5.56 Å². The number of benzene rings is 4. The van der Waals surface area contributed by atoms with Crippen LogP contribution in [-0.2, 0) is 0 Å². The van der Waals surface area contributed by atoms with E-state index < -0.39 is 17.7 Å². The van der Waals surface area contributed by atoms with Crippen molar-refractivity contribution in [3.8, 4) is 16.9 Å². The lowest BCUT2D eigenvalue weighted by molar-refractivity contribution is 0.0734. The fourth-order valence-corrected chi connectivity index (χ4v) is 4.43. The van der Waals surface area contributed by atoms with E-state index >= 15 is 0 Å². The SMILES string of the molecule is O=C(Oc1ccccc1C=NNC(=O)c1[nH]c2ccc(F)cc2c1-c1ccccc1)c1ccc(Cl)cc1Cl. The number of rotatable bonds is 6. The average molecular weight is 546 g/mol. The van der Waals surface area contributed by atoms with Gasteiger partial charge in [-0.3, -0.25) is 4.79 Å². The molecule has 9 heteroatoms. The molecule has 1 amide bonds. The lowest BCUT2D eigenvalue weighted by Gasteiger charge is -2.08. The van der Waals surface area contributed by atoms with Gasteiger partial charge < -0.3 is 9.72 Å². The molecule has 188 valence electrons. The molecular weight excluding hydrogens is 528 g/mol. The predicted octanol–water partition coefficient (Wildman–Crippen LogP) is 7.26. The molecule has 1 aromatic heterocycles. The van der Waals surface area contributed by atoms with Gasteiger partial charge in [0.05, 0.1) is 16.8 Å². The number of carbonyl (C=O) groups excluding carboxylic acids is 2. The Balaban J connectivity index is 1.39. The van der Waals surface area contributed by atoms with E-state index in [2.05, 4.69) is 15.5 Å². The van der Waals surface area contributed by atoms with E-state index in [1.54, 1.807) is 30.3 Å². The highest BCUT2D eigenvalue weighted by Crippen LogP contribution is 2.33. The Labute approximate surface area is 226 Å². The number of nitrogens with zero attached hydrogens (tertiary/aromatic N) is 1. The molecule has 0 spiro atoms. The largest absolute Gasteiger partial charge is 0.422 e. The molecule has 4 aromatic carbocycles. The van der Waals surface area contributed by atoms with Gasteiger partial charge in [0.15, 0.2) is 0 Å². The van der Waals surface area contributed by atoms with Crippen LogP contribution >= 0.6 is 23.2 Å². The molecule has 0 saturated carbocycles. The lowest BCUT2D eigenvalue weighted by atomic mass is 10.0. The van der Waals surface area contributed by atoms with Crippen molar-refractivity contribution in [2.75, 3.05) is 0 Å². The second-order valence-corrected chi connectivity index (χ2v) is 9.03. The zero-order valence-electron chi connectivity index (χ0n) is 19.5. The van der Waals surface area contributed by atoms with Crippen molar-refractivity contribution in [3.05, 3.63) is 124 Å². The highest BCUT2D eigenvalue weighted by atomic mass is 35.5. The molecule has 0 aliphatic carbocycles. The Morgan fingerprint density at radius 2 is 1.68 bits per heavy atom. The lowest BCUT2D eigenvalue weighted by Crippen LogP contribution is -2.19. The highest BCUT2D eigenvalue weighted by molar-refractivity contribution is 6.36. The van der Waals surface area contributed by atoms with Crippen LogP contribution in [-0.4, -0.2) is 23.1 Å². The number of esters is 1. The number of halogens is 3. The Kier molecular flexibility index (Phi) is 7.22. The van der Waals surface area contributed by atoms with E-state index in [1.807, 2.05) is 30.3 Å². The number of amides is 1. The van der Waals surface area contributed by atoms with Crippen molar-refractivity contribution in [1.29, 1.82) is 0 Å². The molecule has 0 atom stereocenters. The van der Waals surface area contributed by atoms with Gasteiger partial charge in [0.1, 0.15) is 17.3 Å². The van der Waals surface area contributed by atoms with Crippen LogP contribution in [0, 0.1) is 5.82 Å². The molecule has 0 unspecified atom stereocenters. The first-order valence-electron chi connectivity index (χ1n) is 11.4. The second kappa shape index (κ2) is 10.9. The molecule has 0 saturated heterocycles. The summed E-state index contributed by atoms with van der Waals surface area (Å²) in [4.78, 5) is 28.8. The Bertz CT molecular complexity index is 1700. The van der Waals surface area contributed by atoms with Gasteiger partial charge in [0.25, 0.3) is 5.91 Å². The van der Waals surface area contributed by atoms with Gasteiger partial charge in [-0.15, -0.1) is 0 Å². The number of ether oxygens (including phenoxy) is 1. The van der Waals surface area contributed by atoms with Crippen LogP contribution in [0.15, 0.2) is 96.1 Å². The minimum Gasteiger partial charge on any atom is -0.422 e.